The molecule has 4 nitrogen and oxygen atoms in total. The number of thioether (sulfide) groups is 1. The largest absolute Gasteiger partial charge is 0.352 e. The lowest BCUT2D eigenvalue weighted by Gasteiger charge is -2.35. The number of fused-ring (bicyclic) bond motifs is 1. The molecule has 31 heavy (non-hydrogen) atoms. The summed E-state index contributed by atoms with van der Waals surface area (Å²) in [6.45, 7) is 3.06. The first kappa shape index (κ1) is 20.1. The van der Waals surface area contributed by atoms with Gasteiger partial charge in [0.2, 0.25) is 0 Å². The van der Waals surface area contributed by atoms with E-state index in [1.54, 1.807) is 11.5 Å². The maximum atomic E-state index is 13.0. The fourth-order valence-electron chi connectivity index (χ4n) is 3.83. The van der Waals surface area contributed by atoms with Crippen molar-refractivity contribution in [1.29, 1.82) is 0 Å². The first-order valence-corrected chi connectivity index (χ1v) is 12.2. The van der Waals surface area contributed by atoms with Gasteiger partial charge in [-0.1, -0.05) is 42.5 Å². The summed E-state index contributed by atoms with van der Waals surface area (Å²) in [5.74, 6) is 2.07. The van der Waals surface area contributed by atoms with Crippen molar-refractivity contribution >= 4 is 45.1 Å². The van der Waals surface area contributed by atoms with Crippen LogP contribution in [0.1, 0.15) is 15.9 Å². The standard InChI is InChI=1S/C25H23N3OS2/c29-25(20-12-10-19(11-13-20)18-30-21-6-2-1-3-7-21)28-16-14-27(15-17-28)24-22-8-4-5-9-23(22)31-26-24/h1-13H,14-18H2. The minimum absolute atomic E-state index is 0.116. The van der Waals surface area contributed by atoms with Crippen molar-refractivity contribution in [2.75, 3.05) is 31.1 Å². The molecule has 0 atom stereocenters. The Morgan fingerprint density at radius 2 is 1.58 bits per heavy atom. The summed E-state index contributed by atoms with van der Waals surface area (Å²) in [7, 11) is 0. The number of carbonyl (C=O) groups excluding carboxylic acids is 1. The van der Waals surface area contributed by atoms with Crippen molar-refractivity contribution in [3.63, 3.8) is 0 Å². The number of rotatable bonds is 5. The molecule has 1 aromatic heterocycles. The number of aromatic nitrogens is 1. The third kappa shape index (κ3) is 4.45. The van der Waals surface area contributed by atoms with Gasteiger partial charge < -0.3 is 9.80 Å². The topological polar surface area (TPSA) is 36.4 Å². The molecule has 0 saturated carbocycles. The molecule has 1 aliphatic rings. The number of benzene rings is 3. The van der Waals surface area contributed by atoms with Crippen molar-refractivity contribution in [1.82, 2.24) is 9.27 Å². The van der Waals surface area contributed by atoms with Gasteiger partial charge in [0.15, 0.2) is 0 Å². The monoisotopic (exact) mass is 445 g/mol. The van der Waals surface area contributed by atoms with Gasteiger partial charge in [0.25, 0.3) is 5.91 Å². The van der Waals surface area contributed by atoms with Crippen LogP contribution in [-0.4, -0.2) is 41.4 Å². The lowest BCUT2D eigenvalue weighted by Crippen LogP contribution is -2.49. The van der Waals surface area contributed by atoms with E-state index in [2.05, 4.69) is 63.9 Å². The van der Waals surface area contributed by atoms with E-state index in [0.29, 0.717) is 0 Å². The molecular formula is C25H23N3OS2. The van der Waals surface area contributed by atoms with Crippen LogP contribution in [0.4, 0.5) is 5.82 Å². The second kappa shape index (κ2) is 9.12. The molecule has 1 amide bonds. The van der Waals surface area contributed by atoms with Gasteiger partial charge in [0.1, 0.15) is 5.82 Å². The molecule has 0 unspecified atom stereocenters. The summed E-state index contributed by atoms with van der Waals surface area (Å²) in [5, 5.41) is 1.20. The maximum Gasteiger partial charge on any atom is 0.253 e. The summed E-state index contributed by atoms with van der Waals surface area (Å²) in [6, 6.07) is 26.8. The fourth-order valence-corrected chi connectivity index (χ4v) is 5.50. The fraction of sp³-hybridized carbons (Fsp3) is 0.200. The van der Waals surface area contributed by atoms with Crippen molar-refractivity contribution < 1.29 is 4.79 Å². The highest BCUT2D eigenvalue weighted by Gasteiger charge is 2.24. The van der Waals surface area contributed by atoms with Gasteiger partial charge in [-0.3, -0.25) is 4.79 Å². The Balaban J connectivity index is 1.18. The van der Waals surface area contributed by atoms with Crippen molar-refractivity contribution in [2.24, 2.45) is 0 Å². The van der Waals surface area contributed by atoms with Crippen molar-refractivity contribution in [3.8, 4) is 0 Å². The van der Waals surface area contributed by atoms with Gasteiger partial charge in [-0.2, -0.15) is 4.37 Å². The highest BCUT2D eigenvalue weighted by molar-refractivity contribution is 7.98. The van der Waals surface area contributed by atoms with E-state index >= 15 is 0 Å². The van der Waals surface area contributed by atoms with E-state index in [4.69, 9.17) is 0 Å². The predicted octanol–water partition coefficient (Wildman–Crippen LogP) is 5.55. The predicted molar refractivity (Wildman–Crippen MR) is 130 cm³/mol. The summed E-state index contributed by atoms with van der Waals surface area (Å²) < 4.78 is 5.87. The van der Waals surface area contributed by atoms with Crippen LogP contribution in [0.25, 0.3) is 10.1 Å². The number of amides is 1. The summed E-state index contributed by atoms with van der Waals surface area (Å²) in [5.41, 5.74) is 1.99. The van der Waals surface area contributed by atoms with Crippen LogP contribution in [0, 0.1) is 0 Å². The molecule has 0 aliphatic carbocycles. The van der Waals surface area contributed by atoms with Crippen LogP contribution in [0.15, 0.2) is 83.8 Å². The van der Waals surface area contributed by atoms with Crippen molar-refractivity contribution in [3.05, 3.63) is 90.0 Å². The zero-order valence-corrected chi connectivity index (χ0v) is 18.7. The van der Waals surface area contributed by atoms with E-state index in [1.165, 1.54) is 20.5 Å². The third-order valence-corrected chi connectivity index (χ3v) is 7.47. The Labute approximate surface area is 190 Å². The number of anilines is 1. The van der Waals surface area contributed by atoms with Gasteiger partial charge in [-0.15, -0.1) is 11.8 Å². The molecule has 0 radical (unpaired) electrons. The van der Waals surface area contributed by atoms with E-state index in [9.17, 15) is 4.79 Å². The van der Waals surface area contributed by atoms with Crippen LogP contribution in [0.3, 0.4) is 0 Å². The van der Waals surface area contributed by atoms with E-state index in [0.717, 1.165) is 43.3 Å². The Kier molecular flexibility index (Phi) is 5.91. The molecule has 6 heteroatoms. The molecule has 3 aromatic carbocycles. The number of carbonyl (C=O) groups is 1. The van der Waals surface area contributed by atoms with Gasteiger partial charge in [-0.25, -0.2) is 0 Å². The molecule has 2 heterocycles. The number of hydrogen-bond acceptors (Lipinski definition) is 5. The van der Waals surface area contributed by atoms with E-state index in [1.807, 2.05) is 40.9 Å². The highest BCUT2D eigenvalue weighted by Crippen LogP contribution is 2.30. The quantitative estimate of drug-likeness (QED) is 0.377. The first-order valence-electron chi connectivity index (χ1n) is 10.4. The number of hydrogen-bond donors (Lipinski definition) is 0. The molecule has 1 fully saturated rings. The molecule has 5 rings (SSSR count). The second-order valence-electron chi connectivity index (χ2n) is 7.58. The molecule has 0 N–H and O–H groups in total. The normalized spacial score (nSPS) is 14.2. The molecule has 156 valence electrons. The second-order valence-corrected chi connectivity index (χ2v) is 9.43. The van der Waals surface area contributed by atoms with Crippen LogP contribution in [0.2, 0.25) is 0 Å². The van der Waals surface area contributed by atoms with Gasteiger partial charge in [0.05, 0.1) is 4.70 Å². The van der Waals surface area contributed by atoms with Gasteiger partial charge >= 0.3 is 0 Å². The smallest absolute Gasteiger partial charge is 0.253 e. The average molecular weight is 446 g/mol. The lowest BCUT2D eigenvalue weighted by atomic mass is 10.1. The van der Waals surface area contributed by atoms with E-state index < -0.39 is 0 Å². The highest BCUT2D eigenvalue weighted by atomic mass is 32.2. The molecule has 1 saturated heterocycles. The Bertz CT molecular complexity index is 1170. The van der Waals surface area contributed by atoms with Crippen LogP contribution in [0.5, 0.6) is 0 Å². The number of piperazine rings is 1. The Morgan fingerprint density at radius 1 is 0.871 bits per heavy atom. The molecule has 0 bridgehead atoms. The molecule has 4 aromatic rings. The Hall–Kier alpha value is -2.83. The van der Waals surface area contributed by atoms with Crippen molar-refractivity contribution in [2.45, 2.75) is 10.6 Å². The minimum atomic E-state index is 0.116. The zero-order valence-electron chi connectivity index (χ0n) is 17.1. The molecule has 1 aliphatic heterocycles. The minimum Gasteiger partial charge on any atom is -0.352 e. The van der Waals surface area contributed by atoms with Crippen LogP contribution >= 0.6 is 23.3 Å². The first-order chi connectivity index (χ1) is 15.3. The Morgan fingerprint density at radius 3 is 2.35 bits per heavy atom. The number of nitrogens with zero attached hydrogens (tertiary/aromatic N) is 3. The summed E-state index contributed by atoms with van der Waals surface area (Å²) in [6.07, 6.45) is 0. The SMILES string of the molecule is O=C(c1ccc(CSc2ccccc2)cc1)N1CCN(c2nsc3ccccc23)CC1. The van der Waals surface area contributed by atoms with E-state index in [-0.39, 0.29) is 5.91 Å². The van der Waals surface area contributed by atoms with Crippen LogP contribution < -0.4 is 4.90 Å². The van der Waals surface area contributed by atoms with Crippen LogP contribution in [-0.2, 0) is 5.75 Å². The molecular weight excluding hydrogens is 422 g/mol. The molecule has 0 spiro atoms. The zero-order chi connectivity index (χ0) is 21.0. The maximum absolute atomic E-state index is 13.0. The summed E-state index contributed by atoms with van der Waals surface area (Å²) in [4.78, 5) is 18.5. The third-order valence-electron chi connectivity index (χ3n) is 5.57. The van der Waals surface area contributed by atoms with Gasteiger partial charge in [-0.05, 0) is 53.5 Å². The average Bonchev–Trinajstić information content (AvgIpc) is 3.28. The summed E-state index contributed by atoms with van der Waals surface area (Å²) >= 11 is 3.35. The van der Waals surface area contributed by atoms with Gasteiger partial charge in [0, 0.05) is 47.8 Å². The lowest BCUT2D eigenvalue weighted by molar-refractivity contribution is 0.0746.